The van der Waals surface area contributed by atoms with Crippen molar-refractivity contribution in [2.24, 2.45) is 0 Å². The molecule has 21 heavy (non-hydrogen) atoms. The van der Waals surface area contributed by atoms with E-state index in [0.29, 0.717) is 30.6 Å². The van der Waals surface area contributed by atoms with Gasteiger partial charge in [-0.2, -0.15) is 0 Å². The average Bonchev–Trinajstić information content (AvgIpc) is 2.42. The zero-order valence-corrected chi connectivity index (χ0v) is 12.9. The van der Waals surface area contributed by atoms with Gasteiger partial charge in [0.15, 0.2) is 0 Å². The van der Waals surface area contributed by atoms with Crippen LogP contribution in [0.15, 0.2) is 24.3 Å². The fourth-order valence-electron chi connectivity index (χ4n) is 1.60. The van der Waals surface area contributed by atoms with Crippen LogP contribution in [0.1, 0.15) is 10.4 Å². The minimum absolute atomic E-state index is 0.273. The third kappa shape index (κ3) is 6.34. The van der Waals surface area contributed by atoms with Crippen molar-refractivity contribution >= 4 is 21.8 Å². The molecule has 1 aromatic carbocycles. The van der Waals surface area contributed by atoms with Crippen LogP contribution in [0.3, 0.4) is 0 Å². The van der Waals surface area contributed by atoms with Crippen LogP contribution in [0.5, 0.6) is 5.75 Å². The van der Waals surface area contributed by atoms with Crippen molar-refractivity contribution in [3.63, 3.8) is 0 Å². The second kappa shape index (κ2) is 8.23. The number of methoxy groups -OCH3 is 1. The highest BCUT2D eigenvalue weighted by Crippen LogP contribution is 2.23. The molecular formula is C13H15BrF3NO3. The molecule has 0 saturated heterocycles. The van der Waals surface area contributed by atoms with E-state index in [2.05, 4.69) is 20.7 Å². The van der Waals surface area contributed by atoms with Crippen molar-refractivity contribution in [1.29, 1.82) is 0 Å². The van der Waals surface area contributed by atoms with Crippen molar-refractivity contribution in [3.8, 4) is 5.75 Å². The second-order valence-electron chi connectivity index (χ2n) is 4.05. The van der Waals surface area contributed by atoms with Crippen molar-refractivity contribution in [3.05, 3.63) is 29.8 Å². The van der Waals surface area contributed by atoms with Crippen LogP contribution >= 0.6 is 15.9 Å². The van der Waals surface area contributed by atoms with Crippen LogP contribution in [0, 0.1) is 0 Å². The zero-order chi connectivity index (χ0) is 15.9. The first-order valence-electron chi connectivity index (χ1n) is 6.07. The Morgan fingerprint density at radius 3 is 2.33 bits per heavy atom. The van der Waals surface area contributed by atoms with Gasteiger partial charge in [0.2, 0.25) is 0 Å². The molecule has 0 N–H and O–H groups in total. The summed E-state index contributed by atoms with van der Waals surface area (Å²) >= 11 is 3.25. The van der Waals surface area contributed by atoms with Crippen LogP contribution < -0.4 is 4.74 Å². The molecule has 0 aliphatic heterocycles. The first-order chi connectivity index (χ1) is 9.87. The maximum Gasteiger partial charge on any atom is 0.573 e. The molecule has 0 spiro atoms. The molecular weight excluding hydrogens is 355 g/mol. The number of nitrogens with zero attached hydrogens (tertiary/aromatic N) is 1. The summed E-state index contributed by atoms with van der Waals surface area (Å²) in [5, 5.41) is 0.595. The molecule has 1 amide bonds. The predicted octanol–water partition coefficient (Wildman–Crippen LogP) is 3.07. The summed E-state index contributed by atoms with van der Waals surface area (Å²) in [5.41, 5.74) is 0.293. The van der Waals surface area contributed by atoms with Gasteiger partial charge in [0.05, 0.1) is 6.61 Å². The fourth-order valence-corrected chi connectivity index (χ4v) is 2.03. The summed E-state index contributed by atoms with van der Waals surface area (Å²) in [6, 6.07) is 4.83. The first kappa shape index (κ1) is 17.8. The summed E-state index contributed by atoms with van der Waals surface area (Å²) in [4.78, 5) is 13.8. The van der Waals surface area contributed by atoms with E-state index in [1.165, 1.54) is 19.2 Å². The van der Waals surface area contributed by atoms with Gasteiger partial charge in [-0.05, 0) is 24.3 Å². The molecule has 0 aliphatic carbocycles. The van der Waals surface area contributed by atoms with E-state index >= 15 is 0 Å². The minimum Gasteiger partial charge on any atom is -0.406 e. The predicted molar refractivity (Wildman–Crippen MR) is 74.7 cm³/mol. The third-order valence-electron chi connectivity index (χ3n) is 2.54. The van der Waals surface area contributed by atoms with E-state index in [1.807, 2.05) is 0 Å². The molecule has 118 valence electrons. The van der Waals surface area contributed by atoms with E-state index < -0.39 is 6.36 Å². The Bertz CT molecular complexity index is 451. The summed E-state index contributed by atoms with van der Waals surface area (Å²) < 4.78 is 44.8. The van der Waals surface area contributed by atoms with E-state index in [1.54, 1.807) is 4.90 Å². The normalized spacial score (nSPS) is 11.3. The van der Waals surface area contributed by atoms with Crippen LogP contribution in [0.4, 0.5) is 13.2 Å². The van der Waals surface area contributed by atoms with Gasteiger partial charge in [0.25, 0.3) is 5.91 Å². The number of hydrogen-bond acceptors (Lipinski definition) is 3. The van der Waals surface area contributed by atoms with E-state index in [4.69, 9.17) is 4.74 Å². The molecule has 1 rings (SSSR count). The van der Waals surface area contributed by atoms with Crippen molar-refractivity contribution < 1.29 is 27.4 Å². The largest absolute Gasteiger partial charge is 0.573 e. The Labute approximate surface area is 128 Å². The van der Waals surface area contributed by atoms with Gasteiger partial charge >= 0.3 is 6.36 Å². The SMILES string of the molecule is COCCN(CCBr)C(=O)c1ccc(OC(F)(F)F)cc1. The molecule has 0 radical (unpaired) electrons. The number of hydrogen-bond donors (Lipinski definition) is 0. The molecule has 0 atom stereocenters. The molecule has 0 unspecified atom stereocenters. The number of halogens is 4. The van der Waals surface area contributed by atoms with Gasteiger partial charge < -0.3 is 14.4 Å². The summed E-state index contributed by atoms with van der Waals surface area (Å²) in [7, 11) is 1.53. The number of benzene rings is 1. The first-order valence-corrected chi connectivity index (χ1v) is 7.19. The summed E-state index contributed by atoms with van der Waals surface area (Å²) in [6.45, 7) is 1.26. The fraction of sp³-hybridized carbons (Fsp3) is 0.462. The standard InChI is InChI=1S/C13H15BrF3NO3/c1-20-9-8-18(7-6-14)12(19)10-2-4-11(5-3-10)21-13(15,16)17/h2-5H,6-9H2,1H3. The lowest BCUT2D eigenvalue weighted by Crippen LogP contribution is -2.35. The average molecular weight is 370 g/mol. The lowest BCUT2D eigenvalue weighted by Gasteiger charge is -2.21. The molecule has 0 aromatic heterocycles. The van der Waals surface area contributed by atoms with Gasteiger partial charge in [-0.15, -0.1) is 13.2 Å². The Hall–Kier alpha value is -1.28. The van der Waals surface area contributed by atoms with Crippen molar-refractivity contribution in [1.82, 2.24) is 4.90 Å². The maximum absolute atomic E-state index is 12.2. The molecule has 4 nitrogen and oxygen atoms in total. The third-order valence-corrected chi connectivity index (χ3v) is 2.90. The molecule has 8 heteroatoms. The Balaban J connectivity index is 2.76. The molecule has 0 aliphatic rings. The highest BCUT2D eigenvalue weighted by atomic mass is 79.9. The van der Waals surface area contributed by atoms with E-state index in [0.717, 1.165) is 12.1 Å². The van der Waals surface area contributed by atoms with Gasteiger partial charge in [-0.3, -0.25) is 4.79 Å². The Morgan fingerprint density at radius 2 is 1.86 bits per heavy atom. The van der Waals surface area contributed by atoms with Crippen molar-refractivity contribution in [2.75, 3.05) is 32.1 Å². The highest BCUT2D eigenvalue weighted by Gasteiger charge is 2.31. The second-order valence-corrected chi connectivity index (χ2v) is 4.84. The lowest BCUT2D eigenvalue weighted by molar-refractivity contribution is -0.274. The molecule has 0 fully saturated rings. The van der Waals surface area contributed by atoms with Gasteiger partial charge in [0, 0.05) is 31.1 Å². The van der Waals surface area contributed by atoms with E-state index in [9.17, 15) is 18.0 Å². The van der Waals surface area contributed by atoms with Crippen LogP contribution in [0.2, 0.25) is 0 Å². The van der Waals surface area contributed by atoms with E-state index in [-0.39, 0.29) is 11.7 Å². The number of rotatable bonds is 7. The van der Waals surface area contributed by atoms with Gasteiger partial charge in [0.1, 0.15) is 5.75 Å². The number of carbonyl (C=O) groups is 1. The minimum atomic E-state index is -4.74. The number of amides is 1. The quantitative estimate of drug-likeness (QED) is 0.693. The van der Waals surface area contributed by atoms with Crippen molar-refractivity contribution in [2.45, 2.75) is 6.36 Å². The Kier molecular flexibility index (Phi) is 6.97. The summed E-state index contributed by atoms with van der Waals surface area (Å²) in [5.74, 6) is -0.631. The van der Waals surface area contributed by atoms with Gasteiger partial charge in [-0.1, -0.05) is 15.9 Å². The number of alkyl halides is 4. The molecule has 0 saturated carbocycles. The highest BCUT2D eigenvalue weighted by molar-refractivity contribution is 9.09. The van der Waals surface area contributed by atoms with Crippen LogP contribution in [-0.2, 0) is 4.74 Å². The molecule has 0 bridgehead atoms. The number of ether oxygens (including phenoxy) is 2. The van der Waals surface area contributed by atoms with Crippen LogP contribution in [0.25, 0.3) is 0 Å². The smallest absolute Gasteiger partial charge is 0.406 e. The zero-order valence-electron chi connectivity index (χ0n) is 11.3. The maximum atomic E-state index is 12.2. The molecule has 1 aromatic rings. The summed E-state index contributed by atoms with van der Waals surface area (Å²) in [6.07, 6.45) is -4.74. The monoisotopic (exact) mass is 369 g/mol. The molecule has 0 heterocycles. The topological polar surface area (TPSA) is 38.8 Å². The Morgan fingerprint density at radius 1 is 1.24 bits per heavy atom. The van der Waals surface area contributed by atoms with Crippen LogP contribution in [-0.4, -0.2) is 49.3 Å². The number of carbonyl (C=O) groups excluding carboxylic acids is 1. The lowest BCUT2D eigenvalue weighted by atomic mass is 10.2. The van der Waals surface area contributed by atoms with Gasteiger partial charge in [-0.25, -0.2) is 0 Å².